The van der Waals surface area contributed by atoms with E-state index in [1.165, 1.54) is 0 Å². The summed E-state index contributed by atoms with van der Waals surface area (Å²) in [6, 6.07) is 3.11. The monoisotopic (exact) mass is 271 g/mol. The van der Waals surface area contributed by atoms with Crippen LogP contribution < -0.4 is 0 Å². The molecular formula is C14H13N3O3. The number of imidazole rings is 1. The number of hydrogen-bond acceptors (Lipinski definition) is 4. The number of pyridine rings is 1. The Labute approximate surface area is 114 Å². The largest absolute Gasteiger partial charge is 0.478 e. The number of aromatic nitrogens is 3. The quantitative estimate of drug-likeness (QED) is 0.774. The van der Waals surface area contributed by atoms with Gasteiger partial charge >= 0.3 is 5.97 Å². The number of carboxylic acids is 1. The van der Waals surface area contributed by atoms with E-state index in [-0.39, 0.29) is 5.56 Å². The lowest BCUT2D eigenvalue weighted by molar-refractivity contribution is 0.0697. The number of rotatable bonds is 2. The van der Waals surface area contributed by atoms with Gasteiger partial charge in [-0.25, -0.2) is 9.78 Å². The highest BCUT2D eigenvalue weighted by atomic mass is 16.5. The maximum absolute atomic E-state index is 11.0. The molecule has 0 aliphatic carbocycles. The summed E-state index contributed by atoms with van der Waals surface area (Å²) in [5.74, 6) is -0.248. The second-order valence-electron chi connectivity index (χ2n) is 4.69. The molecule has 0 amide bonds. The van der Waals surface area contributed by atoms with Gasteiger partial charge in [-0.15, -0.1) is 0 Å². The number of nitrogens with zero attached hydrogens (tertiary/aromatic N) is 3. The summed E-state index contributed by atoms with van der Waals surface area (Å²) in [5.41, 5.74) is 4.19. The Hall–Kier alpha value is -2.63. The highest BCUT2D eigenvalue weighted by molar-refractivity contribution is 5.89. The number of carboxylic acid groups (broad SMARTS) is 1. The minimum Gasteiger partial charge on any atom is -0.478 e. The van der Waals surface area contributed by atoms with E-state index < -0.39 is 5.97 Å². The third kappa shape index (κ3) is 1.69. The smallest absolute Gasteiger partial charge is 0.335 e. The Bertz CT molecular complexity index is 810. The van der Waals surface area contributed by atoms with Crippen LogP contribution in [0.4, 0.5) is 0 Å². The van der Waals surface area contributed by atoms with E-state index in [1.807, 2.05) is 25.2 Å². The number of fused-ring (bicyclic) bond motifs is 1. The molecule has 3 heterocycles. The standard InChI is InChI=1S/C14H13N3O3/c1-7-12(9(3)20-16-7)13-8(2)15-11-6-10(14(18)19)4-5-17(11)13/h4-6H,1-3H3,(H,18,19). The molecule has 0 fully saturated rings. The van der Waals surface area contributed by atoms with Crippen molar-refractivity contribution in [1.29, 1.82) is 0 Å². The number of aromatic carboxylic acids is 1. The summed E-state index contributed by atoms with van der Waals surface area (Å²) in [6.07, 6.45) is 1.71. The molecule has 3 rings (SSSR count). The van der Waals surface area contributed by atoms with Gasteiger partial charge in [-0.3, -0.25) is 4.40 Å². The summed E-state index contributed by atoms with van der Waals surface area (Å²) >= 11 is 0. The van der Waals surface area contributed by atoms with Crippen LogP contribution >= 0.6 is 0 Å². The van der Waals surface area contributed by atoms with E-state index in [4.69, 9.17) is 9.63 Å². The van der Waals surface area contributed by atoms with Gasteiger partial charge in [-0.2, -0.15) is 0 Å². The predicted octanol–water partition coefficient (Wildman–Crippen LogP) is 2.61. The van der Waals surface area contributed by atoms with Gasteiger partial charge in [-0.1, -0.05) is 5.16 Å². The van der Waals surface area contributed by atoms with Crippen molar-refractivity contribution in [3.05, 3.63) is 41.0 Å². The summed E-state index contributed by atoms with van der Waals surface area (Å²) in [6.45, 7) is 5.60. The molecule has 0 unspecified atom stereocenters. The molecule has 6 nitrogen and oxygen atoms in total. The van der Waals surface area contributed by atoms with E-state index in [2.05, 4.69) is 10.1 Å². The number of carbonyl (C=O) groups is 1. The Balaban J connectivity index is 2.32. The van der Waals surface area contributed by atoms with Crippen molar-refractivity contribution in [3.63, 3.8) is 0 Å². The van der Waals surface area contributed by atoms with Crippen LogP contribution in [0.2, 0.25) is 0 Å². The second-order valence-corrected chi connectivity index (χ2v) is 4.69. The molecule has 0 bridgehead atoms. The maximum Gasteiger partial charge on any atom is 0.335 e. The van der Waals surface area contributed by atoms with Crippen LogP contribution in [0, 0.1) is 20.8 Å². The van der Waals surface area contributed by atoms with Gasteiger partial charge in [-0.05, 0) is 32.9 Å². The molecule has 0 saturated carbocycles. The lowest BCUT2D eigenvalue weighted by Crippen LogP contribution is -1.98. The van der Waals surface area contributed by atoms with Crippen LogP contribution in [-0.2, 0) is 0 Å². The van der Waals surface area contributed by atoms with Gasteiger partial charge in [0.05, 0.1) is 28.2 Å². The molecule has 0 aromatic carbocycles. The molecule has 0 spiro atoms. The molecular weight excluding hydrogens is 258 g/mol. The summed E-state index contributed by atoms with van der Waals surface area (Å²) in [7, 11) is 0. The van der Waals surface area contributed by atoms with Crippen LogP contribution in [0.25, 0.3) is 16.9 Å². The van der Waals surface area contributed by atoms with Crippen LogP contribution in [-0.4, -0.2) is 25.6 Å². The fraction of sp³-hybridized carbons (Fsp3) is 0.214. The van der Waals surface area contributed by atoms with Crippen molar-refractivity contribution >= 4 is 11.6 Å². The van der Waals surface area contributed by atoms with E-state index in [0.717, 1.165) is 28.4 Å². The average molecular weight is 271 g/mol. The van der Waals surface area contributed by atoms with E-state index in [9.17, 15) is 4.79 Å². The van der Waals surface area contributed by atoms with Gasteiger partial charge < -0.3 is 9.63 Å². The fourth-order valence-corrected chi connectivity index (χ4v) is 2.42. The predicted molar refractivity (Wildman–Crippen MR) is 71.9 cm³/mol. The van der Waals surface area contributed by atoms with E-state index >= 15 is 0 Å². The van der Waals surface area contributed by atoms with Crippen molar-refractivity contribution in [2.24, 2.45) is 0 Å². The maximum atomic E-state index is 11.0. The lowest BCUT2D eigenvalue weighted by atomic mass is 10.1. The van der Waals surface area contributed by atoms with E-state index in [0.29, 0.717) is 5.65 Å². The Morgan fingerprint density at radius 2 is 2.05 bits per heavy atom. The molecule has 0 radical (unpaired) electrons. The molecule has 3 aromatic rings. The average Bonchev–Trinajstić information content (AvgIpc) is 2.88. The number of aryl methyl sites for hydroxylation is 3. The normalized spacial score (nSPS) is 11.2. The summed E-state index contributed by atoms with van der Waals surface area (Å²) in [4.78, 5) is 15.4. The van der Waals surface area contributed by atoms with Gasteiger partial charge in [0.15, 0.2) is 0 Å². The molecule has 0 aliphatic heterocycles. The lowest BCUT2D eigenvalue weighted by Gasteiger charge is -2.03. The van der Waals surface area contributed by atoms with E-state index in [1.54, 1.807) is 18.3 Å². The molecule has 0 atom stereocenters. The third-order valence-electron chi connectivity index (χ3n) is 3.32. The minimum absolute atomic E-state index is 0.216. The van der Waals surface area contributed by atoms with Crippen molar-refractivity contribution < 1.29 is 14.4 Å². The van der Waals surface area contributed by atoms with Gasteiger partial charge in [0.2, 0.25) is 0 Å². The first kappa shape index (κ1) is 12.4. The highest BCUT2D eigenvalue weighted by Crippen LogP contribution is 2.30. The SMILES string of the molecule is Cc1noc(C)c1-c1c(C)nc2cc(C(=O)O)ccn12. The zero-order chi connectivity index (χ0) is 14.4. The van der Waals surface area contributed by atoms with Crippen LogP contribution in [0.3, 0.4) is 0 Å². The summed E-state index contributed by atoms with van der Waals surface area (Å²) in [5, 5.41) is 13.0. The van der Waals surface area contributed by atoms with Crippen molar-refractivity contribution in [3.8, 4) is 11.3 Å². The van der Waals surface area contributed by atoms with Crippen LogP contribution in [0.15, 0.2) is 22.9 Å². The topological polar surface area (TPSA) is 80.6 Å². The molecule has 0 aliphatic rings. The van der Waals surface area contributed by atoms with Crippen LogP contribution in [0.1, 0.15) is 27.5 Å². The van der Waals surface area contributed by atoms with Crippen molar-refractivity contribution in [1.82, 2.24) is 14.5 Å². The highest BCUT2D eigenvalue weighted by Gasteiger charge is 2.19. The molecule has 102 valence electrons. The summed E-state index contributed by atoms with van der Waals surface area (Å²) < 4.78 is 7.06. The molecule has 0 saturated heterocycles. The fourth-order valence-electron chi connectivity index (χ4n) is 2.42. The van der Waals surface area contributed by atoms with Gasteiger partial charge in [0, 0.05) is 6.20 Å². The van der Waals surface area contributed by atoms with Crippen molar-refractivity contribution in [2.45, 2.75) is 20.8 Å². The minimum atomic E-state index is -0.966. The first-order valence-electron chi connectivity index (χ1n) is 6.14. The zero-order valence-corrected chi connectivity index (χ0v) is 11.3. The molecule has 6 heteroatoms. The van der Waals surface area contributed by atoms with Gasteiger partial charge in [0.25, 0.3) is 0 Å². The second kappa shape index (κ2) is 4.19. The first-order chi connectivity index (χ1) is 9.49. The first-order valence-corrected chi connectivity index (χ1v) is 6.14. The Kier molecular flexibility index (Phi) is 2.60. The Morgan fingerprint density at radius 3 is 2.65 bits per heavy atom. The van der Waals surface area contributed by atoms with Gasteiger partial charge in [0.1, 0.15) is 11.4 Å². The van der Waals surface area contributed by atoms with Crippen molar-refractivity contribution in [2.75, 3.05) is 0 Å². The molecule has 3 aromatic heterocycles. The van der Waals surface area contributed by atoms with Crippen LogP contribution in [0.5, 0.6) is 0 Å². The third-order valence-corrected chi connectivity index (χ3v) is 3.32. The zero-order valence-electron chi connectivity index (χ0n) is 11.3. The Morgan fingerprint density at radius 1 is 1.30 bits per heavy atom. The molecule has 1 N–H and O–H groups in total. The molecule has 20 heavy (non-hydrogen) atoms. The number of hydrogen-bond donors (Lipinski definition) is 1.